The molecule has 0 radical (unpaired) electrons. The number of halogens is 3. The lowest BCUT2D eigenvalue weighted by molar-refractivity contribution is -0.137. The summed E-state index contributed by atoms with van der Waals surface area (Å²) >= 11 is 0. The Morgan fingerprint density at radius 2 is 1.66 bits per heavy atom. The number of alkyl halides is 3. The smallest absolute Gasteiger partial charge is 0.416 e. The zero-order valence-electron chi connectivity index (χ0n) is 16.7. The van der Waals surface area contributed by atoms with Crippen molar-refractivity contribution in [3.05, 3.63) is 65.7 Å². The van der Waals surface area contributed by atoms with E-state index < -0.39 is 11.7 Å². The van der Waals surface area contributed by atoms with Gasteiger partial charge in [-0.05, 0) is 75.6 Å². The topological polar surface area (TPSA) is 38.5 Å². The minimum atomic E-state index is -4.33. The molecule has 1 aliphatic rings. The molecule has 1 aliphatic heterocycles. The van der Waals surface area contributed by atoms with Gasteiger partial charge in [-0.3, -0.25) is 0 Å². The van der Waals surface area contributed by atoms with E-state index in [-0.39, 0.29) is 12.0 Å². The highest BCUT2D eigenvalue weighted by molar-refractivity contribution is 5.29. The molecule has 1 heterocycles. The lowest BCUT2D eigenvalue weighted by Crippen LogP contribution is -2.42. The fourth-order valence-electron chi connectivity index (χ4n) is 4.03. The second kappa shape index (κ2) is 9.63. The van der Waals surface area contributed by atoms with Gasteiger partial charge in [0, 0.05) is 12.0 Å². The number of ether oxygens (including phenoxy) is 1. The van der Waals surface area contributed by atoms with E-state index >= 15 is 0 Å². The fraction of sp³-hybridized carbons (Fsp3) is 0.478. The van der Waals surface area contributed by atoms with Gasteiger partial charge in [0.2, 0.25) is 0 Å². The van der Waals surface area contributed by atoms with Crippen molar-refractivity contribution in [1.82, 2.24) is 4.90 Å². The molecule has 1 saturated heterocycles. The summed E-state index contributed by atoms with van der Waals surface area (Å²) < 4.78 is 45.2. The summed E-state index contributed by atoms with van der Waals surface area (Å²) in [6.07, 6.45) is -1.76. The molecular weight excluding hydrogens is 377 g/mol. The Labute approximate surface area is 170 Å². The molecule has 0 aromatic heterocycles. The predicted octanol–water partition coefficient (Wildman–Crippen LogP) is 5.27. The van der Waals surface area contributed by atoms with Crippen LogP contribution in [-0.2, 0) is 6.18 Å². The number of likely N-dealkylation sites (tertiary alicyclic amines) is 1. The van der Waals surface area contributed by atoms with Gasteiger partial charge in [0.15, 0.2) is 0 Å². The molecule has 1 fully saturated rings. The van der Waals surface area contributed by atoms with E-state index in [1.165, 1.54) is 0 Å². The van der Waals surface area contributed by atoms with Gasteiger partial charge >= 0.3 is 6.18 Å². The molecule has 2 aromatic rings. The van der Waals surface area contributed by atoms with Gasteiger partial charge in [-0.2, -0.15) is 13.2 Å². The first-order chi connectivity index (χ1) is 13.9. The van der Waals surface area contributed by atoms with Crippen molar-refractivity contribution in [2.75, 3.05) is 19.6 Å². The average Bonchev–Trinajstić information content (AvgIpc) is 2.73. The van der Waals surface area contributed by atoms with Crippen molar-refractivity contribution >= 4 is 0 Å². The minimum absolute atomic E-state index is 0.244. The Balaban J connectivity index is 1.77. The summed E-state index contributed by atoms with van der Waals surface area (Å²) in [7, 11) is 0. The molecule has 2 atom stereocenters. The fourth-order valence-corrected chi connectivity index (χ4v) is 4.03. The molecule has 2 N–H and O–H groups in total. The largest absolute Gasteiger partial charge is 0.485 e. The third-order valence-electron chi connectivity index (χ3n) is 5.78. The first-order valence-electron chi connectivity index (χ1n) is 10.2. The third-order valence-corrected chi connectivity index (χ3v) is 5.78. The Hall–Kier alpha value is -2.05. The van der Waals surface area contributed by atoms with E-state index in [1.54, 1.807) is 12.1 Å². The van der Waals surface area contributed by atoms with Crippen LogP contribution in [0.25, 0.3) is 0 Å². The number of benzene rings is 2. The van der Waals surface area contributed by atoms with Gasteiger partial charge in [0.05, 0.1) is 5.56 Å². The quantitative estimate of drug-likeness (QED) is 0.680. The number of rotatable bonds is 7. The molecule has 0 spiro atoms. The van der Waals surface area contributed by atoms with Crippen LogP contribution in [0.5, 0.6) is 5.75 Å². The number of para-hydroxylation sites is 1. The predicted molar refractivity (Wildman–Crippen MR) is 109 cm³/mol. The van der Waals surface area contributed by atoms with Crippen molar-refractivity contribution in [3.8, 4) is 5.75 Å². The number of nitrogens with zero attached hydrogens (tertiary/aromatic N) is 1. The highest BCUT2D eigenvalue weighted by Crippen LogP contribution is 2.37. The zero-order chi connectivity index (χ0) is 20.9. The molecule has 0 bridgehead atoms. The van der Waals surface area contributed by atoms with Crippen LogP contribution in [0.1, 0.15) is 43.4 Å². The van der Waals surface area contributed by atoms with Gasteiger partial charge in [0.1, 0.15) is 11.9 Å². The van der Waals surface area contributed by atoms with Crippen LogP contribution in [0, 0.1) is 5.92 Å². The van der Waals surface area contributed by atoms with Crippen LogP contribution in [0.15, 0.2) is 54.6 Å². The maximum Gasteiger partial charge on any atom is 0.416 e. The van der Waals surface area contributed by atoms with E-state index in [2.05, 4.69) is 11.8 Å². The summed E-state index contributed by atoms with van der Waals surface area (Å²) in [6, 6.07) is 15.3. The second-order valence-corrected chi connectivity index (χ2v) is 7.77. The number of nitrogens with two attached hydrogens (primary N) is 1. The average molecular weight is 406 g/mol. The molecule has 1 unspecified atom stereocenters. The molecule has 0 aliphatic carbocycles. The Bertz CT molecular complexity index is 741. The van der Waals surface area contributed by atoms with E-state index in [0.29, 0.717) is 12.6 Å². The summed E-state index contributed by atoms with van der Waals surface area (Å²) in [5.74, 6) is 0.976. The molecule has 29 heavy (non-hydrogen) atoms. The highest BCUT2D eigenvalue weighted by atomic mass is 19.4. The molecular formula is C23H29F3N2O. The highest BCUT2D eigenvalue weighted by Gasteiger charge is 2.33. The molecule has 6 heteroatoms. The molecule has 158 valence electrons. The third kappa shape index (κ3) is 5.73. The zero-order valence-corrected chi connectivity index (χ0v) is 16.7. The Morgan fingerprint density at radius 1 is 1.03 bits per heavy atom. The summed E-state index contributed by atoms with van der Waals surface area (Å²) in [5, 5.41) is 0. The monoisotopic (exact) mass is 406 g/mol. The van der Waals surface area contributed by atoms with Gasteiger partial charge in [0.25, 0.3) is 0 Å². The summed E-state index contributed by atoms with van der Waals surface area (Å²) in [5.41, 5.74) is 5.84. The minimum Gasteiger partial charge on any atom is -0.485 e. The SMILES string of the molecule is C[C@H](CCN)N1CCC(C(Oc2ccccc2)c2ccc(C(F)(F)F)cc2)CC1. The maximum absolute atomic E-state index is 13.0. The van der Waals surface area contributed by atoms with Crippen LogP contribution >= 0.6 is 0 Å². The molecule has 3 nitrogen and oxygen atoms in total. The lowest BCUT2D eigenvalue weighted by Gasteiger charge is -2.39. The second-order valence-electron chi connectivity index (χ2n) is 7.77. The van der Waals surface area contributed by atoms with Crippen LogP contribution in [-0.4, -0.2) is 30.6 Å². The molecule has 0 amide bonds. The molecule has 0 saturated carbocycles. The van der Waals surface area contributed by atoms with Crippen molar-refractivity contribution in [1.29, 1.82) is 0 Å². The Morgan fingerprint density at radius 3 is 2.21 bits per heavy atom. The van der Waals surface area contributed by atoms with Crippen molar-refractivity contribution < 1.29 is 17.9 Å². The van der Waals surface area contributed by atoms with Crippen molar-refractivity contribution in [2.45, 2.75) is 44.5 Å². The lowest BCUT2D eigenvalue weighted by atomic mass is 9.86. The molecule has 3 rings (SSSR count). The first kappa shape index (κ1) is 21.7. The van der Waals surface area contributed by atoms with Crippen LogP contribution in [0.4, 0.5) is 13.2 Å². The van der Waals surface area contributed by atoms with Crippen LogP contribution in [0.3, 0.4) is 0 Å². The van der Waals surface area contributed by atoms with E-state index in [9.17, 15) is 13.2 Å². The maximum atomic E-state index is 13.0. The Kier molecular flexibility index (Phi) is 7.19. The number of hydrogen-bond donors (Lipinski definition) is 1. The summed E-state index contributed by atoms with van der Waals surface area (Å²) in [6.45, 7) is 4.76. The van der Waals surface area contributed by atoms with Crippen molar-refractivity contribution in [2.24, 2.45) is 11.7 Å². The van der Waals surface area contributed by atoms with Gasteiger partial charge in [-0.25, -0.2) is 0 Å². The number of hydrogen-bond acceptors (Lipinski definition) is 3. The van der Waals surface area contributed by atoms with E-state index in [0.717, 1.165) is 55.8 Å². The van der Waals surface area contributed by atoms with E-state index in [4.69, 9.17) is 10.5 Å². The van der Waals surface area contributed by atoms with Crippen LogP contribution < -0.4 is 10.5 Å². The van der Waals surface area contributed by atoms with Crippen molar-refractivity contribution in [3.63, 3.8) is 0 Å². The normalized spacial score (nSPS) is 18.4. The standard InChI is InChI=1S/C23H29F3N2O/c1-17(11-14-27)28-15-12-19(13-16-28)22(29-21-5-3-2-4-6-21)18-7-9-20(10-8-18)23(24,25)26/h2-10,17,19,22H,11-16,27H2,1H3/t17-,22?/m1/s1. The first-order valence-corrected chi connectivity index (χ1v) is 10.2. The summed E-state index contributed by atoms with van der Waals surface area (Å²) in [4.78, 5) is 2.44. The van der Waals surface area contributed by atoms with Gasteiger partial charge in [-0.15, -0.1) is 0 Å². The number of piperidine rings is 1. The van der Waals surface area contributed by atoms with E-state index in [1.807, 2.05) is 30.3 Å². The van der Waals surface area contributed by atoms with Gasteiger partial charge in [-0.1, -0.05) is 30.3 Å². The molecule has 2 aromatic carbocycles. The van der Waals surface area contributed by atoms with Crippen LogP contribution in [0.2, 0.25) is 0 Å². The van der Waals surface area contributed by atoms with Gasteiger partial charge < -0.3 is 15.4 Å².